The van der Waals surface area contributed by atoms with Crippen molar-refractivity contribution in [2.75, 3.05) is 27.2 Å². The van der Waals surface area contributed by atoms with Crippen LogP contribution in [0.2, 0.25) is 0 Å². The zero-order chi connectivity index (χ0) is 12.8. The van der Waals surface area contributed by atoms with Crippen LogP contribution in [0.5, 0.6) is 0 Å². The molecule has 2 aromatic rings. The molecule has 2 aromatic heterocycles. The lowest BCUT2D eigenvalue weighted by atomic mass is 10.4. The number of nitrogens with zero attached hydrogens (tertiary/aromatic N) is 3. The average Bonchev–Trinajstić information content (AvgIpc) is 2.98. The summed E-state index contributed by atoms with van der Waals surface area (Å²) in [5, 5.41) is 7.06. The van der Waals surface area contributed by atoms with E-state index in [2.05, 4.69) is 20.4 Å². The Morgan fingerprint density at radius 3 is 3.06 bits per heavy atom. The molecule has 0 bridgehead atoms. The van der Waals surface area contributed by atoms with E-state index in [1.165, 1.54) is 0 Å². The quantitative estimate of drug-likeness (QED) is 0.749. The van der Waals surface area contributed by atoms with Crippen LogP contribution in [-0.2, 0) is 6.54 Å². The van der Waals surface area contributed by atoms with Gasteiger partial charge in [-0.05, 0) is 45.7 Å². The van der Waals surface area contributed by atoms with Gasteiger partial charge in [-0.1, -0.05) is 5.16 Å². The second-order valence-electron chi connectivity index (χ2n) is 4.19. The molecule has 0 aliphatic rings. The molecule has 0 saturated heterocycles. The van der Waals surface area contributed by atoms with Crippen LogP contribution < -0.4 is 5.32 Å². The minimum atomic E-state index is 0.429. The maximum absolute atomic E-state index is 5.20. The third kappa shape index (κ3) is 3.41. The van der Waals surface area contributed by atoms with Gasteiger partial charge in [0.15, 0.2) is 11.6 Å². The highest BCUT2D eigenvalue weighted by molar-refractivity contribution is 5.42. The Bertz CT molecular complexity index is 452. The monoisotopic (exact) mass is 250 g/mol. The third-order valence-electron chi connectivity index (χ3n) is 2.58. The molecule has 2 heterocycles. The number of rotatable bonds is 7. The van der Waals surface area contributed by atoms with Crippen molar-refractivity contribution in [2.45, 2.75) is 13.0 Å². The fourth-order valence-corrected chi connectivity index (χ4v) is 1.66. The Kier molecular flexibility index (Phi) is 4.49. The molecule has 98 valence electrons. The van der Waals surface area contributed by atoms with E-state index >= 15 is 0 Å². The fourth-order valence-electron chi connectivity index (χ4n) is 1.66. The van der Waals surface area contributed by atoms with Crippen LogP contribution in [0.4, 0.5) is 0 Å². The van der Waals surface area contributed by atoms with Crippen molar-refractivity contribution in [3.8, 4) is 11.7 Å². The summed E-state index contributed by atoms with van der Waals surface area (Å²) in [6, 6.07) is 3.59. The Morgan fingerprint density at radius 1 is 1.44 bits per heavy atom. The second-order valence-corrected chi connectivity index (χ2v) is 4.19. The van der Waals surface area contributed by atoms with Crippen LogP contribution in [0.1, 0.15) is 12.2 Å². The van der Waals surface area contributed by atoms with Crippen LogP contribution >= 0.6 is 0 Å². The van der Waals surface area contributed by atoms with Gasteiger partial charge >= 0.3 is 0 Å². The van der Waals surface area contributed by atoms with E-state index in [0.717, 1.165) is 19.5 Å². The highest BCUT2D eigenvalue weighted by Gasteiger charge is 2.12. The first kappa shape index (κ1) is 12.8. The first-order valence-electron chi connectivity index (χ1n) is 5.99. The predicted octanol–water partition coefficient (Wildman–Crippen LogP) is 1.37. The Morgan fingerprint density at radius 2 is 2.33 bits per heavy atom. The standard InChI is InChI=1S/C12H18N4O2/c1-13-6-4-7-16(2)9-11-14-12(18-15-11)10-5-3-8-17-10/h3,5,8,13H,4,6-7,9H2,1-2H3. The van der Waals surface area contributed by atoms with Gasteiger partial charge in [0, 0.05) is 0 Å². The van der Waals surface area contributed by atoms with Crippen molar-refractivity contribution in [2.24, 2.45) is 0 Å². The van der Waals surface area contributed by atoms with Crippen molar-refractivity contribution >= 4 is 0 Å². The molecule has 0 amide bonds. The molecule has 6 nitrogen and oxygen atoms in total. The molecule has 2 rings (SSSR count). The number of nitrogens with one attached hydrogen (secondary N) is 1. The van der Waals surface area contributed by atoms with Gasteiger partial charge in [-0.15, -0.1) is 0 Å². The van der Waals surface area contributed by atoms with Crippen molar-refractivity contribution in [1.29, 1.82) is 0 Å². The molecule has 0 fully saturated rings. The maximum atomic E-state index is 5.20. The molecule has 0 saturated carbocycles. The van der Waals surface area contributed by atoms with E-state index in [0.29, 0.717) is 24.0 Å². The lowest BCUT2D eigenvalue weighted by Crippen LogP contribution is -2.22. The first-order valence-corrected chi connectivity index (χ1v) is 5.99. The fraction of sp³-hybridized carbons (Fsp3) is 0.500. The zero-order valence-electron chi connectivity index (χ0n) is 10.7. The summed E-state index contributed by atoms with van der Waals surface area (Å²) in [5.41, 5.74) is 0. The minimum Gasteiger partial charge on any atom is -0.459 e. The van der Waals surface area contributed by atoms with Gasteiger partial charge in [-0.25, -0.2) is 0 Å². The molecule has 0 radical (unpaired) electrons. The maximum Gasteiger partial charge on any atom is 0.293 e. The predicted molar refractivity (Wildman–Crippen MR) is 66.9 cm³/mol. The summed E-state index contributed by atoms with van der Waals surface area (Å²) in [6.07, 6.45) is 2.68. The van der Waals surface area contributed by atoms with Crippen LogP contribution in [0.25, 0.3) is 11.7 Å². The summed E-state index contributed by atoms with van der Waals surface area (Å²) in [4.78, 5) is 6.45. The van der Waals surface area contributed by atoms with E-state index < -0.39 is 0 Å². The SMILES string of the molecule is CNCCCN(C)Cc1noc(-c2ccco2)n1. The molecular weight excluding hydrogens is 232 g/mol. The van der Waals surface area contributed by atoms with Gasteiger partial charge < -0.3 is 14.3 Å². The number of aromatic nitrogens is 2. The molecule has 1 N–H and O–H groups in total. The van der Waals surface area contributed by atoms with Gasteiger partial charge in [-0.2, -0.15) is 4.98 Å². The molecule has 0 aliphatic carbocycles. The van der Waals surface area contributed by atoms with E-state index in [1.807, 2.05) is 14.1 Å². The normalized spacial score (nSPS) is 11.3. The topological polar surface area (TPSA) is 67.3 Å². The smallest absolute Gasteiger partial charge is 0.293 e. The molecule has 0 aromatic carbocycles. The van der Waals surface area contributed by atoms with E-state index in [1.54, 1.807) is 18.4 Å². The van der Waals surface area contributed by atoms with Gasteiger partial charge in [-0.3, -0.25) is 4.90 Å². The van der Waals surface area contributed by atoms with Crippen LogP contribution in [0.15, 0.2) is 27.3 Å². The largest absolute Gasteiger partial charge is 0.459 e. The van der Waals surface area contributed by atoms with Gasteiger partial charge in [0.25, 0.3) is 5.89 Å². The van der Waals surface area contributed by atoms with Crippen LogP contribution in [0, 0.1) is 0 Å². The van der Waals surface area contributed by atoms with E-state index in [4.69, 9.17) is 8.94 Å². The minimum absolute atomic E-state index is 0.429. The van der Waals surface area contributed by atoms with Gasteiger partial charge in [0.2, 0.25) is 0 Å². The lowest BCUT2D eigenvalue weighted by molar-refractivity contribution is 0.304. The molecular formula is C12H18N4O2. The van der Waals surface area contributed by atoms with Crippen molar-refractivity contribution in [3.05, 3.63) is 24.2 Å². The molecule has 0 unspecified atom stereocenters. The third-order valence-corrected chi connectivity index (χ3v) is 2.58. The average molecular weight is 250 g/mol. The number of furan rings is 1. The Labute approximate surface area is 106 Å². The zero-order valence-corrected chi connectivity index (χ0v) is 10.7. The molecule has 0 aliphatic heterocycles. The first-order chi connectivity index (χ1) is 8.79. The van der Waals surface area contributed by atoms with Crippen molar-refractivity contribution in [1.82, 2.24) is 20.4 Å². The van der Waals surface area contributed by atoms with Crippen molar-refractivity contribution in [3.63, 3.8) is 0 Å². The van der Waals surface area contributed by atoms with Crippen molar-refractivity contribution < 1.29 is 8.94 Å². The molecule has 6 heteroatoms. The summed E-state index contributed by atoms with van der Waals surface area (Å²) >= 11 is 0. The summed E-state index contributed by atoms with van der Waals surface area (Å²) in [6.45, 7) is 2.67. The highest BCUT2D eigenvalue weighted by Crippen LogP contribution is 2.17. The Hall–Kier alpha value is -1.66. The summed E-state index contributed by atoms with van der Waals surface area (Å²) in [5.74, 6) is 1.71. The van der Waals surface area contributed by atoms with Gasteiger partial charge in [0.1, 0.15) is 0 Å². The highest BCUT2D eigenvalue weighted by atomic mass is 16.5. The second kappa shape index (κ2) is 6.32. The van der Waals surface area contributed by atoms with Crippen LogP contribution in [0.3, 0.4) is 0 Å². The Balaban J connectivity index is 1.87. The van der Waals surface area contributed by atoms with Crippen LogP contribution in [-0.4, -0.2) is 42.2 Å². The summed E-state index contributed by atoms with van der Waals surface area (Å²) in [7, 11) is 3.99. The lowest BCUT2D eigenvalue weighted by Gasteiger charge is -2.13. The number of hydrogen-bond acceptors (Lipinski definition) is 6. The van der Waals surface area contributed by atoms with E-state index in [-0.39, 0.29) is 0 Å². The molecule has 0 spiro atoms. The van der Waals surface area contributed by atoms with Gasteiger partial charge in [0.05, 0.1) is 12.8 Å². The molecule has 0 atom stereocenters. The molecule has 18 heavy (non-hydrogen) atoms. The summed E-state index contributed by atoms with van der Waals surface area (Å²) < 4.78 is 10.3. The van der Waals surface area contributed by atoms with E-state index in [9.17, 15) is 0 Å². The number of hydrogen-bond donors (Lipinski definition) is 1.